The summed E-state index contributed by atoms with van der Waals surface area (Å²) in [5.41, 5.74) is 4.68. The third-order valence-corrected chi connectivity index (χ3v) is 2.09. The van der Waals surface area contributed by atoms with Gasteiger partial charge >= 0.3 is 0 Å². The average Bonchev–Trinajstić information content (AvgIpc) is 2.58. The highest BCUT2D eigenvalue weighted by atomic mass is 32.2. The van der Waals surface area contributed by atoms with Crippen molar-refractivity contribution in [2.24, 2.45) is 4.99 Å². The van der Waals surface area contributed by atoms with E-state index in [1.165, 1.54) is 11.8 Å². The minimum Gasteiger partial charge on any atom is -0.508 e. The number of nitrogens with zero attached hydrogens (tertiary/aromatic N) is 1. The monoisotopic (exact) mass is 176 g/mol. The van der Waals surface area contributed by atoms with Crippen LogP contribution < -0.4 is 0 Å². The van der Waals surface area contributed by atoms with Gasteiger partial charge in [0, 0.05) is 4.99 Å². The average molecular weight is 176 g/mol. The van der Waals surface area contributed by atoms with Crippen molar-refractivity contribution in [2.45, 2.75) is 0 Å². The number of hydrogen-bond donors (Lipinski definition) is 1. The maximum Gasteiger partial charge on any atom is 0.272 e. The molecule has 0 fully saturated rings. The van der Waals surface area contributed by atoms with Crippen molar-refractivity contribution in [3.63, 3.8) is 0 Å². The molecule has 0 spiro atoms. The first kappa shape index (κ1) is 7.35. The van der Waals surface area contributed by atoms with Gasteiger partial charge in [0.05, 0.1) is 5.56 Å². The van der Waals surface area contributed by atoms with Crippen LogP contribution in [0.15, 0.2) is 34.7 Å². The second-order valence-corrected chi connectivity index (χ2v) is 3.02. The molecule has 0 unspecified atom stereocenters. The zero-order valence-corrected chi connectivity index (χ0v) is 7.01. The van der Waals surface area contributed by atoms with E-state index in [1.807, 2.05) is 17.5 Å². The number of thioether (sulfide) groups is 1. The lowest BCUT2D eigenvalue weighted by Crippen LogP contribution is -1.76. The summed E-state index contributed by atoms with van der Waals surface area (Å²) >= 11 is 1.44. The van der Waals surface area contributed by atoms with E-state index in [4.69, 9.17) is 5.11 Å². The molecule has 0 aromatic heterocycles. The second kappa shape index (κ2) is 2.97. The van der Waals surface area contributed by atoms with Crippen LogP contribution in [0.5, 0.6) is 5.75 Å². The molecule has 1 heterocycles. The fourth-order valence-corrected chi connectivity index (χ4v) is 1.45. The molecule has 0 saturated carbocycles. The number of aliphatic imine (C=N–C) groups is 1. The third kappa shape index (κ3) is 1.33. The van der Waals surface area contributed by atoms with Crippen LogP contribution in [0.2, 0.25) is 0 Å². The molecule has 2 nitrogen and oxygen atoms in total. The van der Waals surface area contributed by atoms with Crippen molar-refractivity contribution in [1.29, 1.82) is 0 Å². The maximum absolute atomic E-state index is 9.03. The predicted octanol–water partition coefficient (Wildman–Crippen LogP) is 2.34. The van der Waals surface area contributed by atoms with Crippen LogP contribution in [0.3, 0.4) is 0 Å². The molecule has 58 valence electrons. The minimum absolute atomic E-state index is 0.276. The summed E-state index contributed by atoms with van der Waals surface area (Å²) in [6, 6.07) is 6.96. The summed E-state index contributed by atoms with van der Waals surface area (Å²) < 4.78 is 0. The first-order valence-electron chi connectivity index (χ1n) is 3.47. The van der Waals surface area contributed by atoms with Crippen molar-refractivity contribution in [1.82, 2.24) is 0 Å². The highest BCUT2D eigenvalue weighted by Gasteiger charge is 2.15. The molecular formula is C9H6NOS+. The molecule has 1 aromatic carbocycles. The number of benzene rings is 1. The Balaban J connectivity index is 2.35. The van der Waals surface area contributed by atoms with E-state index in [0.717, 1.165) is 11.3 Å². The summed E-state index contributed by atoms with van der Waals surface area (Å²) in [7, 11) is 0. The standard InChI is InChI=1S/C9H5NOS/c11-8-3-1-7(2-4-8)9-5-12-6-10-9/h1-5H/p+1. The molecular weight excluding hydrogens is 170 g/mol. The zero-order chi connectivity index (χ0) is 8.39. The first-order chi connectivity index (χ1) is 5.86. The molecule has 0 atom stereocenters. The number of aromatic hydroxyl groups is 1. The van der Waals surface area contributed by atoms with Crippen molar-refractivity contribution in [3.8, 4) is 5.75 Å². The fraction of sp³-hybridized carbons (Fsp3) is 0. The Labute approximate surface area is 74.6 Å². The van der Waals surface area contributed by atoms with Crippen LogP contribution in [0, 0.1) is 0 Å². The smallest absolute Gasteiger partial charge is 0.272 e. The van der Waals surface area contributed by atoms with Gasteiger partial charge in [0.25, 0.3) is 5.55 Å². The Bertz CT molecular complexity index is 340. The van der Waals surface area contributed by atoms with E-state index in [-0.39, 0.29) is 5.75 Å². The van der Waals surface area contributed by atoms with Gasteiger partial charge in [-0.1, -0.05) is 0 Å². The highest BCUT2D eigenvalue weighted by molar-refractivity contribution is 8.15. The Hall–Kier alpha value is -1.31. The van der Waals surface area contributed by atoms with E-state index in [2.05, 4.69) is 10.5 Å². The molecule has 12 heavy (non-hydrogen) atoms. The Morgan fingerprint density at radius 3 is 2.58 bits per heavy atom. The van der Waals surface area contributed by atoms with Crippen LogP contribution in [0.1, 0.15) is 5.56 Å². The van der Waals surface area contributed by atoms with E-state index in [0.29, 0.717) is 0 Å². The van der Waals surface area contributed by atoms with Gasteiger partial charge in [0.15, 0.2) is 0 Å². The molecule has 1 aliphatic rings. The predicted molar refractivity (Wildman–Crippen MR) is 51.1 cm³/mol. The molecule has 0 bridgehead atoms. The molecule has 2 rings (SSSR count). The van der Waals surface area contributed by atoms with Crippen LogP contribution in [0.25, 0.3) is 5.70 Å². The van der Waals surface area contributed by atoms with E-state index < -0.39 is 0 Å². The highest BCUT2D eigenvalue weighted by Crippen LogP contribution is 2.25. The van der Waals surface area contributed by atoms with E-state index >= 15 is 0 Å². The number of hydrogen-bond acceptors (Lipinski definition) is 3. The lowest BCUT2D eigenvalue weighted by Gasteiger charge is -1.90. The van der Waals surface area contributed by atoms with Gasteiger partial charge in [-0.25, -0.2) is 0 Å². The molecule has 0 radical (unpaired) electrons. The summed E-state index contributed by atoms with van der Waals surface area (Å²) in [6.45, 7) is 0. The number of phenols is 1. The quantitative estimate of drug-likeness (QED) is 0.666. The lowest BCUT2D eigenvalue weighted by atomic mass is 10.2. The van der Waals surface area contributed by atoms with Gasteiger partial charge in [-0.2, -0.15) is 0 Å². The normalized spacial score (nSPS) is 14.2. The summed E-state index contributed by atoms with van der Waals surface area (Å²) in [6.07, 6.45) is 0. The van der Waals surface area contributed by atoms with Gasteiger partial charge in [0.2, 0.25) is 5.70 Å². The molecule has 3 heteroatoms. The third-order valence-electron chi connectivity index (χ3n) is 1.55. The summed E-state index contributed by atoms with van der Waals surface area (Å²) in [4.78, 5) is 4.03. The van der Waals surface area contributed by atoms with Gasteiger partial charge in [-0.15, -0.1) is 0 Å². The van der Waals surface area contributed by atoms with E-state index in [1.54, 1.807) is 12.1 Å². The Kier molecular flexibility index (Phi) is 1.82. The Morgan fingerprint density at radius 1 is 1.25 bits per heavy atom. The van der Waals surface area contributed by atoms with E-state index in [9.17, 15) is 0 Å². The van der Waals surface area contributed by atoms with Gasteiger partial charge in [0.1, 0.15) is 22.9 Å². The lowest BCUT2D eigenvalue weighted by molar-refractivity contribution is 0.475. The molecule has 1 aromatic rings. The number of phenolic OH excluding ortho intramolecular Hbond substituents is 1. The molecule has 0 amide bonds. The van der Waals surface area contributed by atoms with Crippen LogP contribution in [-0.2, 0) is 0 Å². The fourth-order valence-electron chi connectivity index (χ4n) is 0.949. The van der Waals surface area contributed by atoms with Gasteiger partial charge in [-0.05, 0) is 24.3 Å². The maximum atomic E-state index is 9.03. The van der Waals surface area contributed by atoms with Crippen molar-refractivity contribution < 1.29 is 5.11 Å². The van der Waals surface area contributed by atoms with Gasteiger partial charge < -0.3 is 5.11 Å². The minimum atomic E-state index is 0.276. The largest absolute Gasteiger partial charge is 0.508 e. The Morgan fingerprint density at radius 2 is 2.00 bits per heavy atom. The zero-order valence-electron chi connectivity index (χ0n) is 6.19. The SMILES string of the molecule is Oc1ccc(C2=CS[C+]=N2)cc1. The van der Waals surface area contributed by atoms with Crippen LogP contribution >= 0.6 is 11.8 Å². The number of rotatable bonds is 1. The summed E-state index contributed by atoms with van der Waals surface area (Å²) in [5, 5.41) is 11.0. The molecule has 0 aliphatic carbocycles. The van der Waals surface area contributed by atoms with Crippen LogP contribution in [0.4, 0.5) is 0 Å². The molecule has 1 N–H and O–H groups in total. The van der Waals surface area contributed by atoms with Crippen molar-refractivity contribution in [3.05, 3.63) is 35.2 Å². The van der Waals surface area contributed by atoms with Crippen molar-refractivity contribution >= 4 is 23.0 Å². The van der Waals surface area contributed by atoms with Crippen molar-refractivity contribution in [2.75, 3.05) is 0 Å². The van der Waals surface area contributed by atoms with Gasteiger partial charge in [-0.3, -0.25) is 0 Å². The summed E-state index contributed by atoms with van der Waals surface area (Å²) in [5.74, 6) is 0.276. The second-order valence-electron chi connectivity index (χ2n) is 2.37. The topological polar surface area (TPSA) is 32.6 Å². The first-order valence-corrected chi connectivity index (χ1v) is 4.35. The molecule has 1 aliphatic heterocycles. The van der Waals surface area contributed by atoms with Crippen LogP contribution in [-0.4, -0.2) is 10.7 Å². The molecule has 0 saturated heterocycles.